The fraction of sp³-hybridized carbons (Fsp3) is 0.0909. The van der Waals surface area contributed by atoms with E-state index in [0.717, 1.165) is 0 Å². The van der Waals surface area contributed by atoms with Gasteiger partial charge >= 0.3 is 0 Å². The van der Waals surface area contributed by atoms with Crippen molar-refractivity contribution >= 4 is 27.5 Å². The lowest BCUT2D eigenvalue weighted by Crippen LogP contribution is -2.15. The van der Waals surface area contributed by atoms with Gasteiger partial charge in [-0.3, -0.25) is 9.59 Å². The monoisotopic (exact) mass is 266 g/mol. The van der Waals surface area contributed by atoms with Gasteiger partial charge in [-0.05, 0) is 41.1 Å². The predicted octanol–water partition coefficient (Wildman–Crippen LogP) is 2.48. The maximum Gasteiger partial charge on any atom is 0.190 e. The first-order valence-electron chi connectivity index (χ1n) is 4.31. The van der Waals surface area contributed by atoms with Gasteiger partial charge in [0.1, 0.15) is 5.75 Å². The Kier molecular flexibility index (Phi) is 2.23. The first kappa shape index (κ1) is 10.1. The van der Waals surface area contributed by atoms with Crippen molar-refractivity contribution in [1.82, 2.24) is 0 Å². The molecule has 0 saturated heterocycles. The van der Waals surface area contributed by atoms with Crippen LogP contribution in [0.2, 0.25) is 0 Å². The third kappa shape index (κ3) is 1.41. The molecule has 0 atom stereocenters. The summed E-state index contributed by atoms with van der Waals surface area (Å²) in [6, 6.07) is 3.09. The molecule has 76 valence electrons. The van der Waals surface area contributed by atoms with Gasteiger partial charge in [-0.1, -0.05) is 0 Å². The average Bonchev–Trinajstić information content (AvgIpc) is 2.18. The molecule has 0 amide bonds. The Morgan fingerprint density at radius 1 is 1.27 bits per heavy atom. The van der Waals surface area contributed by atoms with Crippen molar-refractivity contribution in [2.75, 3.05) is 0 Å². The van der Waals surface area contributed by atoms with Gasteiger partial charge in [0.2, 0.25) is 0 Å². The van der Waals surface area contributed by atoms with E-state index in [1.165, 1.54) is 12.1 Å². The summed E-state index contributed by atoms with van der Waals surface area (Å²) in [6.45, 7) is 1.59. The molecule has 15 heavy (non-hydrogen) atoms. The highest BCUT2D eigenvalue weighted by atomic mass is 79.9. The van der Waals surface area contributed by atoms with Crippen molar-refractivity contribution in [3.05, 3.63) is 39.4 Å². The number of rotatable bonds is 0. The van der Waals surface area contributed by atoms with Crippen LogP contribution < -0.4 is 0 Å². The Labute approximate surface area is 94.5 Å². The predicted molar refractivity (Wildman–Crippen MR) is 58.2 cm³/mol. The van der Waals surface area contributed by atoms with Gasteiger partial charge in [0.15, 0.2) is 11.6 Å². The molecular formula is C11H7BrO3. The van der Waals surface area contributed by atoms with E-state index in [2.05, 4.69) is 15.9 Å². The molecule has 0 unspecified atom stereocenters. The van der Waals surface area contributed by atoms with Crippen molar-refractivity contribution in [3.63, 3.8) is 0 Å². The van der Waals surface area contributed by atoms with E-state index in [1.54, 1.807) is 13.0 Å². The summed E-state index contributed by atoms with van der Waals surface area (Å²) in [5.41, 5.74) is 0.745. The smallest absolute Gasteiger partial charge is 0.190 e. The van der Waals surface area contributed by atoms with Gasteiger partial charge in [-0.25, -0.2) is 0 Å². The number of benzene rings is 1. The van der Waals surface area contributed by atoms with E-state index in [4.69, 9.17) is 0 Å². The van der Waals surface area contributed by atoms with Gasteiger partial charge in [0, 0.05) is 11.1 Å². The Morgan fingerprint density at radius 3 is 2.60 bits per heavy atom. The molecule has 3 nitrogen and oxygen atoms in total. The van der Waals surface area contributed by atoms with Crippen molar-refractivity contribution in [1.29, 1.82) is 0 Å². The summed E-state index contributed by atoms with van der Waals surface area (Å²) in [5, 5.41) is 9.67. The average molecular weight is 267 g/mol. The molecule has 0 bridgehead atoms. The number of hydrogen-bond donors (Lipinski definition) is 1. The summed E-state index contributed by atoms with van der Waals surface area (Å²) in [4.78, 5) is 23.3. The second-order valence-corrected chi connectivity index (χ2v) is 4.19. The largest absolute Gasteiger partial charge is 0.506 e. The zero-order valence-electron chi connectivity index (χ0n) is 7.87. The van der Waals surface area contributed by atoms with Crippen molar-refractivity contribution in [2.45, 2.75) is 6.92 Å². The van der Waals surface area contributed by atoms with Crippen LogP contribution in [0.5, 0.6) is 5.75 Å². The number of carbonyl (C=O) groups excluding carboxylic acids is 2. The van der Waals surface area contributed by atoms with Crippen LogP contribution in [0.15, 0.2) is 28.3 Å². The number of fused-ring (bicyclic) bond motifs is 1. The minimum Gasteiger partial charge on any atom is -0.506 e. The Morgan fingerprint density at radius 2 is 1.93 bits per heavy atom. The van der Waals surface area contributed by atoms with Crippen LogP contribution in [0, 0.1) is 0 Å². The Balaban J connectivity index is 2.78. The topological polar surface area (TPSA) is 54.4 Å². The SMILES string of the molecule is CC1=CC(=O)c2c(ccc(Br)c2O)C1=O. The molecule has 1 aliphatic rings. The van der Waals surface area contributed by atoms with E-state index in [1.807, 2.05) is 0 Å². The molecule has 0 spiro atoms. The van der Waals surface area contributed by atoms with Crippen LogP contribution in [0.3, 0.4) is 0 Å². The van der Waals surface area contributed by atoms with Gasteiger partial charge in [0.05, 0.1) is 10.0 Å². The molecule has 0 fully saturated rings. The molecule has 0 saturated carbocycles. The van der Waals surface area contributed by atoms with E-state index < -0.39 is 0 Å². The first-order valence-corrected chi connectivity index (χ1v) is 5.10. The minimum absolute atomic E-state index is 0.0833. The number of ketones is 2. The summed E-state index contributed by atoms with van der Waals surface area (Å²) in [7, 11) is 0. The lowest BCUT2D eigenvalue weighted by Gasteiger charge is -2.14. The van der Waals surface area contributed by atoms with Crippen LogP contribution in [-0.2, 0) is 0 Å². The normalized spacial score (nSPS) is 14.9. The standard InChI is InChI=1S/C11H7BrO3/c1-5-4-8(13)9-6(10(5)14)2-3-7(12)11(9)15/h2-4,15H,1H3. The molecule has 1 N–H and O–H groups in total. The number of phenols is 1. The number of allylic oxidation sites excluding steroid dienone is 2. The van der Waals surface area contributed by atoms with Crippen LogP contribution in [-0.4, -0.2) is 16.7 Å². The molecule has 2 rings (SSSR count). The quantitative estimate of drug-likeness (QED) is 0.785. The third-order valence-corrected chi connectivity index (χ3v) is 2.97. The summed E-state index contributed by atoms with van der Waals surface area (Å²) < 4.78 is 0.412. The Hall–Kier alpha value is -1.42. The molecule has 0 radical (unpaired) electrons. The number of carbonyl (C=O) groups is 2. The van der Waals surface area contributed by atoms with Gasteiger partial charge in [-0.2, -0.15) is 0 Å². The van der Waals surface area contributed by atoms with Crippen molar-refractivity contribution < 1.29 is 14.7 Å². The zero-order chi connectivity index (χ0) is 11.2. The second-order valence-electron chi connectivity index (χ2n) is 3.34. The van der Waals surface area contributed by atoms with Crippen molar-refractivity contribution in [3.8, 4) is 5.75 Å². The molecule has 1 aromatic carbocycles. The van der Waals surface area contributed by atoms with Crippen LogP contribution >= 0.6 is 15.9 Å². The summed E-state index contributed by atoms with van der Waals surface area (Å²) in [5.74, 6) is -0.720. The fourth-order valence-electron chi connectivity index (χ4n) is 1.55. The van der Waals surface area contributed by atoms with Gasteiger partial charge < -0.3 is 5.11 Å². The van der Waals surface area contributed by atoms with E-state index in [0.29, 0.717) is 10.0 Å². The van der Waals surface area contributed by atoms with E-state index in [9.17, 15) is 14.7 Å². The van der Waals surface area contributed by atoms with Crippen LogP contribution in [0.4, 0.5) is 0 Å². The number of Topliss-reactive ketones (excluding diaryl/α,β-unsaturated/α-hetero) is 1. The highest BCUT2D eigenvalue weighted by Gasteiger charge is 2.26. The highest BCUT2D eigenvalue weighted by Crippen LogP contribution is 2.34. The number of hydrogen-bond acceptors (Lipinski definition) is 3. The van der Waals surface area contributed by atoms with Crippen LogP contribution in [0.1, 0.15) is 27.6 Å². The maximum atomic E-state index is 11.7. The molecular weight excluding hydrogens is 260 g/mol. The third-order valence-electron chi connectivity index (χ3n) is 2.33. The Bertz CT molecular complexity index is 515. The summed E-state index contributed by atoms with van der Waals surface area (Å²) in [6.07, 6.45) is 1.25. The van der Waals surface area contributed by atoms with Crippen molar-refractivity contribution in [2.24, 2.45) is 0 Å². The number of phenolic OH excluding ortho intramolecular Hbond substituents is 1. The highest BCUT2D eigenvalue weighted by molar-refractivity contribution is 9.10. The molecule has 0 aromatic heterocycles. The zero-order valence-corrected chi connectivity index (χ0v) is 9.46. The van der Waals surface area contributed by atoms with Gasteiger partial charge in [0.25, 0.3) is 0 Å². The van der Waals surface area contributed by atoms with Crippen LogP contribution in [0.25, 0.3) is 0 Å². The van der Waals surface area contributed by atoms with E-state index >= 15 is 0 Å². The summed E-state index contributed by atoms with van der Waals surface area (Å²) >= 11 is 3.10. The van der Waals surface area contributed by atoms with Gasteiger partial charge in [-0.15, -0.1) is 0 Å². The number of aromatic hydroxyl groups is 1. The molecule has 1 aromatic rings. The molecule has 1 aliphatic carbocycles. The minimum atomic E-state index is -0.332. The first-order chi connectivity index (χ1) is 7.02. The molecule has 4 heteroatoms. The van der Waals surface area contributed by atoms with E-state index in [-0.39, 0.29) is 28.4 Å². The molecule has 0 heterocycles. The second kappa shape index (κ2) is 3.31. The lowest BCUT2D eigenvalue weighted by atomic mass is 9.90. The number of halogens is 1. The maximum absolute atomic E-state index is 11.7. The fourth-order valence-corrected chi connectivity index (χ4v) is 1.88. The molecule has 0 aliphatic heterocycles. The lowest BCUT2D eigenvalue weighted by molar-refractivity contribution is 0.0982.